The van der Waals surface area contributed by atoms with Gasteiger partial charge in [0.05, 0.1) is 5.69 Å². The van der Waals surface area contributed by atoms with Gasteiger partial charge in [-0.2, -0.15) is 0 Å². The molecule has 0 amide bonds. The third-order valence-electron chi connectivity index (χ3n) is 1.88. The molecule has 1 aromatic rings. The fourth-order valence-corrected chi connectivity index (χ4v) is 1.33. The van der Waals surface area contributed by atoms with E-state index in [1.54, 1.807) is 11.8 Å². The fraction of sp³-hybridized carbons (Fsp3) is 0.300. The quantitative estimate of drug-likeness (QED) is 0.691. The molecule has 0 aliphatic carbocycles. The zero-order chi connectivity index (χ0) is 8.97. The van der Waals surface area contributed by atoms with Crippen LogP contribution < -0.4 is 0 Å². The molecule has 2 heteroatoms. The van der Waals surface area contributed by atoms with Crippen molar-refractivity contribution in [3.05, 3.63) is 35.0 Å². The average Bonchev–Trinajstić information content (AvgIpc) is 2.17. The molecule has 0 saturated carbocycles. The van der Waals surface area contributed by atoms with Gasteiger partial charge in [-0.15, -0.1) is 11.8 Å². The van der Waals surface area contributed by atoms with Crippen LogP contribution in [0.15, 0.2) is 29.3 Å². The average molecular weight is 179 g/mol. The lowest BCUT2D eigenvalue weighted by Gasteiger charge is -2.03. The van der Waals surface area contributed by atoms with E-state index >= 15 is 0 Å². The van der Waals surface area contributed by atoms with E-state index in [2.05, 4.69) is 25.1 Å². The molecular formula is C10H13NS. The van der Waals surface area contributed by atoms with Gasteiger partial charge in [0.25, 0.3) is 0 Å². The summed E-state index contributed by atoms with van der Waals surface area (Å²) in [7, 11) is 0. The summed E-state index contributed by atoms with van der Waals surface area (Å²) < 4.78 is 0. The van der Waals surface area contributed by atoms with Crippen molar-refractivity contribution < 1.29 is 0 Å². The van der Waals surface area contributed by atoms with E-state index in [1.165, 1.54) is 10.5 Å². The Morgan fingerprint density at radius 3 is 2.58 bits per heavy atom. The molecule has 0 aromatic carbocycles. The molecule has 0 bridgehead atoms. The standard InChI is InChI=1S/C10H13NS/c1-8(9(2)12-3)10-6-4-5-7-11-10/h4-7H,1-3H3/b9-8-. The number of hydrogen-bond donors (Lipinski definition) is 0. The van der Waals surface area contributed by atoms with Crippen LogP contribution in [-0.4, -0.2) is 11.2 Å². The monoisotopic (exact) mass is 179 g/mol. The van der Waals surface area contributed by atoms with Crippen LogP contribution in [0.4, 0.5) is 0 Å². The van der Waals surface area contributed by atoms with Crippen molar-refractivity contribution in [2.24, 2.45) is 0 Å². The van der Waals surface area contributed by atoms with Gasteiger partial charge in [0.15, 0.2) is 0 Å². The van der Waals surface area contributed by atoms with Gasteiger partial charge in [0, 0.05) is 6.20 Å². The Kier molecular flexibility index (Phi) is 3.35. The van der Waals surface area contributed by atoms with E-state index in [0.29, 0.717) is 0 Å². The van der Waals surface area contributed by atoms with Gasteiger partial charge in [-0.05, 0) is 42.7 Å². The number of allylic oxidation sites excluding steroid dienone is 2. The molecule has 64 valence electrons. The van der Waals surface area contributed by atoms with Gasteiger partial charge in [-0.3, -0.25) is 4.98 Å². The number of aromatic nitrogens is 1. The van der Waals surface area contributed by atoms with Gasteiger partial charge in [0.2, 0.25) is 0 Å². The van der Waals surface area contributed by atoms with Crippen LogP contribution in [0.2, 0.25) is 0 Å². The molecule has 0 aliphatic heterocycles. The maximum absolute atomic E-state index is 4.28. The molecule has 0 radical (unpaired) electrons. The number of nitrogens with zero attached hydrogens (tertiary/aromatic N) is 1. The summed E-state index contributed by atoms with van der Waals surface area (Å²) in [6, 6.07) is 5.99. The number of hydrogen-bond acceptors (Lipinski definition) is 2. The van der Waals surface area contributed by atoms with Crippen molar-refractivity contribution in [3.8, 4) is 0 Å². The SMILES string of the molecule is CS/C(C)=C(/C)c1ccccn1. The molecule has 0 fully saturated rings. The maximum atomic E-state index is 4.28. The van der Waals surface area contributed by atoms with Crippen LogP contribution in [0.3, 0.4) is 0 Å². The van der Waals surface area contributed by atoms with Crippen molar-refractivity contribution in [2.45, 2.75) is 13.8 Å². The van der Waals surface area contributed by atoms with Gasteiger partial charge in [-0.1, -0.05) is 6.07 Å². The largest absolute Gasteiger partial charge is 0.257 e. The minimum Gasteiger partial charge on any atom is -0.257 e. The second-order valence-electron chi connectivity index (χ2n) is 2.60. The first-order valence-corrected chi connectivity index (χ1v) is 5.11. The molecule has 0 unspecified atom stereocenters. The predicted octanol–water partition coefficient (Wildman–Crippen LogP) is 3.20. The van der Waals surface area contributed by atoms with E-state index in [1.807, 2.05) is 24.4 Å². The highest BCUT2D eigenvalue weighted by molar-refractivity contribution is 8.02. The van der Waals surface area contributed by atoms with Crippen LogP contribution in [0.5, 0.6) is 0 Å². The van der Waals surface area contributed by atoms with Crippen LogP contribution >= 0.6 is 11.8 Å². The van der Waals surface area contributed by atoms with Crippen LogP contribution in [0.1, 0.15) is 19.5 Å². The molecule has 1 nitrogen and oxygen atoms in total. The van der Waals surface area contributed by atoms with E-state index in [9.17, 15) is 0 Å². The molecule has 12 heavy (non-hydrogen) atoms. The van der Waals surface area contributed by atoms with Crippen molar-refractivity contribution in [3.63, 3.8) is 0 Å². The third-order valence-corrected chi connectivity index (χ3v) is 2.80. The first kappa shape index (κ1) is 9.33. The minimum absolute atomic E-state index is 1.07. The Balaban J connectivity index is 3.00. The van der Waals surface area contributed by atoms with E-state index < -0.39 is 0 Å². The Bertz CT molecular complexity index is 277. The summed E-state index contributed by atoms with van der Waals surface area (Å²) >= 11 is 1.77. The summed E-state index contributed by atoms with van der Waals surface area (Å²) in [6.45, 7) is 4.23. The number of pyridine rings is 1. The first-order chi connectivity index (χ1) is 5.75. The van der Waals surface area contributed by atoms with Crippen molar-refractivity contribution >= 4 is 17.3 Å². The summed E-state index contributed by atoms with van der Waals surface area (Å²) in [5.41, 5.74) is 2.34. The van der Waals surface area contributed by atoms with Crippen molar-refractivity contribution in [1.82, 2.24) is 4.98 Å². The molecule has 0 N–H and O–H groups in total. The molecule has 1 rings (SSSR count). The van der Waals surface area contributed by atoms with Gasteiger partial charge < -0.3 is 0 Å². The molecular weight excluding hydrogens is 166 g/mol. The smallest absolute Gasteiger partial charge is 0.0666 e. The lowest BCUT2D eigenvalue weighted by atomic mass is 10.2. The van der Waals surface area contributed by atoms with Gasteiger partial charge in [-0.25, -0.2) is 0 Å². The highest BCUT2D eigenvalue weighted by Crippen LogP contribution is 2.22. The van der Waals surface area contributed by atoms with Gasteiger partial charge in [0.1, 0.15) is 0 Å². The zero-order valence-electron chi connectivity index (χ0n) is 7.66. The second kappa shape index (κ2) is 4.31. The third kappa shape index (κ3) is 2.11. The van der Waals surface area contributed by atoms with Crippen molar-refractivity contribution in [2.75, 3.05) is 6.26 Å². The maximum Gasteiger partial charge on any atom is 0.0666 e. The Hall–Kier alpha value is -0.760. The molecule has 0 aliphatic rings. The van der Waals surface area contributed by atoms with E-state index in [4.69, 9.17) is 0 Å². The molecule has 0 atom stereocenters. The van der Waals surface area contributed by atoms with Crippen LogP contribution in [-0.2, 0) is 0 Å². The zero-order valence-corrected chi connectivity index (χ0v) is 8.48. The van der Waals surface area contributed by atoms with E-state index in [0.717, 1.165) is 5.69 Å². The Morgan fingerprint density at radius 2 is 2.08 bits per heavy atom. The molecule has 1 aromatic heterocycles. The molecule has 1 heterocycles. The summed E-state index contributed by atoms with van der Waals surface area (Å²) in [6.07, 6.45) is 3.91. The highest BCUT2D eigenvalue weighted by atomic mass is 32.2. The van der Waals surface area contributed by atoms with Crippen LogP contribution in [0.25, 0.3) is 5.57 Å². The first-order valence-electron chi connectivity index (χ1n) is 3.88. The van der Waals surface area contributed by atoms with Gasteiger partial charge >= 0.3 is 0 Å². The lowest BCUT2D eigenvalue weighted by molar-refractivity contribution is 1.26. The Labute approximate surface area is 77.9 Å². The minimum atomic E-state index is 1.07. The van der Waals surface area contributed by atoms with E-state index in [-0.39, 0.29) is 0 Å². The summed E-state index contributed by atoms with van der Waals surface area (Å²) in [5.74, 6) is 0. The fourth-order valence-electron chi connectivity index (χ4n) is 0.918. The molecule has 0 spiro atoms. The normalized spacial score (nSPS) is 12.6. The number of rotatable bonds is 2. The molecule has 0 saturated heterocycles. The predicted molar refractivity (Wildman–Crippen MR) is 56.0 cm³/mol. The summed E-state index contributed by atoms with van der Waals surface area (Å²) in [4.78, 5) is 5.60. The second-order valence-corrected chi connectivity index (χ2v) is 3.62. The lowest BCUT2D eigenvalue weighted by Crippen LogP contribution is -1.85. The topological polar surface area (TPSA) is 12.9 Å². The highest BCUT2D eigenvalue weighted by Gasteiger charge is 1.98. The Morgan fingerprint density at radius 1 is 1.33 bits per heavy atom. The number of thioether (sulfide) groups is 1. The summed E-state index contributed by atoms with van der Waals surface area (Å²) in [5, 5.41) is 0. The van der Waals surface area contributed by atoms with Crippen LogP contribution in [0, 0.1) is 0 Å². The van der Waals surface area contributed by atoms with Crippen molar-refractivity contribution in [1.29, 1.82) is 0 Å².